The van der Waals surface area contributed by atoms with Crippen LogP contribution in [-0.2, 0) is 0 Å². The van der Waals surface area contributed by atoms with Crippen LogP contribution in [0.2, 0.25) is 0 Å². The molecule has 1 aromatic rings. The summed E-state index contributed by atoms with van der Waals surface area (Å²) in [6, 6.07) is 3.90. The molecule has 3 heteroatoms. The number of hydrogen-bond acceptors (Lipinski definition) is 3. The van der Waals surface area contributed by atoms with Crippen LogP contribution in [-0.4, -0.2) is 25.2 Å². The van der Waals surface area contributed by atoms with E-state index < -0.39 is 0 Å². The van der Waals surface area contributed by atoms with E-state index in [-0.39, 0.29) is 0 Å². The first-order chi connectivity index (χ1) is 7.33. The predicted molar refractivity (Wildman–Crippen MR) is 64.4 cm³/mol. The van der Waals surface area contributed by atoms with Gasteiger partial charge in [0.1, 0.15) is 0 Å². The largest absolute Gasteiger partial charge is 0.478 e. The molecule has 0 spiro atoms. The molecule has 1 N–H and O–H groups in total. The number of aryl methyl sites for hydroxylation is 1. The first-order valence-electron chi connectivity index (χ1n) is 5.53. The number of aromatic nitrogens is 1. The molecule has 0 unspecified atom stereocenters. The second-order valence-electron chi connectivity index (χ2n) is 2.98. The van der Waals surface area contributed by atoms with E-state index in [0.717, 1.165) is 25.1 Å². The average molecular weight is 210 g/mol. The van der Waals surface area contributed by atoms with Crippen molar-refractivity contribution in [3.8, 4) is 5.88 Å². The highest BCUT2D eigenvalue weighted by molar-refractivity contribution is 5.16. The summed E-state index contributed by atoms with van der Waals surface area (Å²) >= 11 is 0. The number of ether oxygens (including phenoxy) is 1. The number of hydrogen-bond donors (Lipinski definition) is 1. The number of nitrogens with one attached hydrogen (secondary N) is 1. The van der Waals surface area contributed by atoms with Crippen molar-refractivity contribution in [3.05, 3.63) is 23.9 Å². The van der Waals surface area contributed by atoms with Gasteiger partial charge in [-0.3, -0.25) is 0 Å². The fourth-order valence-electron chi connectivity index (χ4n) is 0.965. The number of rotatable bonds is 5. The van der Waals surface area contributed by atoms with Crippen molar-refractivity contribution < 1.29 is 4.74 Å². The molecule has 0 bridgehead atoms. The quantitative estimate of drug-likeness (QED) is 0.758. The molecular formula is C12H22N2O. The fourth-order valence-corrected chi connectivity index (χ4v) is 0.965. The Morgan fingerprint density at radius 2 is 2.07 bits per heavy atom. The Kier molecular flexibility index (Phi) is 8.78. The highest BCUT2D eigenvalue weighted by Gasteiger charge is 1.93. The van der Waals surface area contributed by atoms with Gasteiger partial charge in [0.2, 0.25) is 5.88 Å². The van der Waals surface area contributed by atoms with Gasteiger partial charge in [-0.05, 0) is 32.5 Å². The second kappa shape index (κ2) is 9.46. The lowest BCUT2D eigenvalue weighted by atomic mass is 10.3. The van der Waals surface area contributed by atoms with Crippen LogP contribution in [0, 0.1) is 6.92 Å². The Morgan fingerprint density at radius 3 is 2.60 bits per heavy atom. The van der Waals surface area contributed by atoms with E-state index in [4.69, 9.17) is 4.74 Å². The van der Waals surface area contributed by atoms with Crippen LogP contribution in [0.1, 0.15) is 25.8 Å². The maximum absolute atomic E-state index is 5.41. The van der Waals surface area contributed by atoms with Gasteiger partial charge in [0.15, 0.2) is 0 Å². The van der Waals surface area contributed by atoms with E-state index in [9.17, 15) is 0 Å². The van der Waals surface area contributed by atoms with E-state index in [2.05, 4.69) is 10.3 Å². The van der Waals surface area contributed by atoms with Gasteiger partial charge < -0.3 is 10.1 Å². The van der Waals surface area contributed by atoms with Gasteiger partial charge in [0.25, 0.3) is 0 Å². The molecule has 0 aliphatic rings. The lowest BCUT2D eigenvalue weighted by Crippen LogP contribution is -2.11. The Morgan fingerprint density at radius 1 is 1.33 bits per heavy atom. The van der Waals surface area contributed by atoms with Crippen molar-refractivity contribution in [1.82, 2.24) is 10.3 Å². The van der Waals surface area contributed by atoms with Crippen LogP contribution >= 0.6 is 0 Å². The third kappa shape index (κ3) is 6.91. The van der Waals surface area contributed by atoms with Crippen LogP contribution in [0.25, 0.3) is 0 Å². The molecule has 0 aromatic carbocycles. The molecule has 0 aliphatic carbocycles. The monoisotopic (exact) mass is 210 g/mol. The molecule has 0 atom stereocenters. The van der Waals surface area contributed by atoms with E-state index in [1.807, 2.05) is 46.1 Å². The van der Waals surface area contributed by atoms with Crippen LogP contribution in [0.4, 0.5) is 0 Å². The molecule has 1 aromatic heterocycles. The van der Waals surface area contributed by atoms with E-state index in [1.54, 1.807) is 0 Å². The summed E-state index contributed by atoms with van der Waals surface area (Å²) in [6.07, 6.45) is 2.82. The molecule has 0 fully saturated rings. The molecule has 15 heavy (non-hydrogen) atoms. The van der Waals surface area contributed by atoms with Gasteiger partial charge >= 0.3 is 0 Å². The van der Waals surface area contributed by atoms with Crippen molar-refractivity contribution in [2.75, 3.05) is 20.2 Å². The van der Waals surface area contributed by atoms with Crippen LogP contribution in [0.3, 0.4) is 0 Å². The van der Waals surface area contributed by atoms with Crippen molar-refractivity contribution >= 4 is 0 Å². The summed E-state index contributed by atoms with van der Waals surface area (Å²) in [4.78, 5) is 4.13. The summed E-state index contributed by atoms with van der Waals surface area (Å²) in [5.74, 6) is 0.710. The smallest absolute Gasteiger partial charge is 0.213 e. The molecule has 0 saturated heterocycles. The summed E-state index contributed by atoms with van der Waals surface area (Å²) < 4.78 is 5.41. The van der Waals surface area contributed by atoms with Crippen molar-refractivity contribution in [1.29, 1.82) is 0 Å². The molecular weight excluding hydrogens is 188 g/mol. The van der Waals surface area contributed by atoms with Crippen LogP contribution in [0.15, 0.2) is 18.3 Å². The van der Waals surface area contributed by atoms with Gasteiger partial charge in [-0.25, -0.2) is 4.98 Å². The lowest BCUT2D eigenvalue weighted by molar-refractivity contribution is 0.298. The second-order valence-corrected chi connectivity index (χ2v) is 2.98. The maximum Gasteiger partial charge on any atom is 0.213 e. The van der Waals surface area contributed by atoms with Gasteiger partial charge in [-0.1, -0.05) is 19.9 Å². The molecule has 0 amide bonds. The SMILES string of the molecule is CC.CNCCCOc1ccc(C)cn1. The first-order valence-corrected chi connectivity index (χ1v) is 5.53. The van der Waals surface area contributed by atoms with Crippen molar-refractivity contribution in [3.63, 3.8) is 0 Å². The lowest BCUT2D eigenvalue weighted by Gasteiger charge is -2.04. The Labute approximate surface area is 92.9 Å². The molecule has 1 rings (SSSR count). The molecule has 1 heterocycles. The minimum atomic E-state index is 0.710. The van der Waals surface area contributed by atoms with Crippen LogP contribution < -0.4 is 10.1 Å². The summed E-state index contributed by atoms with van der Waals surface area (Å²) in [7, 11) is 1.93. The topological polar surface area (TPSA) is 34.1 Å². The van der Waals surface area contributed by atoms with E-state index >= 15 is 0 Å². The van der Waals surface area contributed by atoms with Crippen molar-refractivity contribution in [2.45, 2.75) is 27.2 Å². The highest BCUT2D eigenvalue weighted by atomic mass is 16.5. The van der Waals surface area contributed by atoms with E-state index in [0.29, 0.717) is 5.88 Å². The number of nitrogens with zero attached hydrogens (tertiary/aromatic N) is 1. The van der Waals surface area contributed by atoms with Gasteiger partial charge in [-0.15, -0.1) is 0 Å². The molecule has 3 nitrogen and oxygen atoms in total. The zero-order chi connectivity index (χ0) is 11.5. The summed E-state index contributed by atoms with van der Waals surface area (Å²) in [6.45, 7) is 7.71. The maximum atomic E-state index is 5.41. The van der Waals surface area contributed by atoms with Crippen LogP contribution in [0.5, 0.6) is 5.88 Å². The van der Waals surface area contributed by atoms with E-state index in [1.165, 1.54) is 0 Å². The third-order valence-electron chi connectivity index (χ3n) is 1.71. The molecule has 0 radical (unpaired) electrons. The Balaban J connectivity index is 0.000000921. The van der Waals surface area contributed by atoms with Gasteiger partial charge in [0.05, 0.1) is 6.61 Å². The Bertz CT molecular complexity index is 234. The highest BCUT2D eigenvalue weighted by Crippen LogP contribution is 2.06. The fraction of sp³-hybridized carbons (Fsp3) is 0.583. The molecule has 86 valence electrons. The molecule has 0 aliphatic heterocycles. The molecule has 0 saturated carbocycles. The Hall–Kier alpha value is -1.09. The van der Waals surface area contributed by atoms with Gasteiger partial charge in [0, 0.05) is 12.3 Å². The summed E-state index contributed by atoms with van der Waals surface area (Å²) in [5.41, 5.74) is 1.16. The zero-order valence-corrected chi connectivity index (χ0v) is 10.2. The first kappa shape index (κ1) is 13.9. The third-order valence-corrected chi connectivity index (χ3v) is 1.71. The standard InChI is InChI=1S/C10H16N2O.C2H6/c1-9-4-5-10(12-8-9)13-7-3-6-11-2;1-2/h4-5,8,11H,3,6-7H2,1-2H3;1-2H3. The normalized spacial score (nSPS) is 9.07. The average Bonchev–Trinajstić information content (AvgIpc) is 2.30. The zero-order valence-electron chi connectivity index (χ0n) is 10.2. The van der Waals surface area contributed by atoms with Gasteiger partial charge in [-0.2, -0.15) is 0 Å². The minimum absolute atomic E-state index is 0.710. The van der Waals surface area contributed by atoms with Crippen molar-refractivity contribution in [2.24, 2.45) is 0 Å². The summed E-state index contributed by atoms with van der Waals surface area (Å²) in [5, 5.41) is 3.06. The minimum Gasteiger partial charge on any atom is -0.478 e. The predicted octanol–water partition coefficient (Wildman–Crippen LogP) is 2.40. The number of pyridine rings is 1.